The first-order valence-electron chi connectivity index (χ1n) is 8.13. The van der Waals surface area contributed by atoms with Crippen molar-refractivity contribution < 1.29 is 14.6 Å². The second-order valence-corrected chi connectivity index (χ2v) is 6.07. The molecule has 6 heteroatoms. The molecule has 2 N–H and O–H groups in total. The van der Waals surface area contributed by atoms with Crippen LogP contribution < -0.4 is 5.32 Å². The highest BCUT2D eigenvalue weighted by Gasteiger charge is 2.26. The van der Waals surface area contributed by atoms with Gasteiger partial charge in [-0.1, -0.05) is 19.1 Å². The van der Waals surface area contributed by atoms with E-state index >= 15 is 0 Å². The van der Waals surface area contributed by atoms with Crippen LogP contribution in [0.3, 0.4) is 0 Å². The van der Waals surface area contributed by atoms with Crippen molar-refractivity contribution >= 4 is 11.6 Å². The molecule has 0 aliphatic carbocycles. The number of amides is 1. The van der Waals surface area contributed by atoms with E-state index < -0.39 is 0 Å². The summed E-state index contributed by atoms with van der Waals surface area (Å²) < 4.78 is 5.34. The molecule has 1 unspecified atom stereocenters. The molecule has 1 aromatic carbocycles. The molecule has 1 aromatic heterocycles. The number of aromatic hydroxyl groups is 1. The highest BCUT2D eigenvalue weighted by atomic mass is 16.5. The van der Waals surface area contributed by atoms with E-state index in [2.05, 4.69) is 15.3 Å². The normalized spacial score (nSPS) is 16.5. The lowest BCUT2D eigenvalue weighted by molar-refractivity contribution is -0.122. The third-order valence-electron chi connectivity index (χ3n) is 4.41. The number of carbonyl (C=O) groups excluding carboxylic acids is 1. The number of nitrogens with zero attached hydrogens (tertiary/aromatic N) is 2. The van der Waals surface area contributed by atoms with Gasteiger partial charge in [-0.3, -0.25) is 4.79 Å². The number of phenolic OH excluding ortho intramolecular Hbond substituents is 1. The van der Waals surface area contributed by atoms with Crippen LogP contribution in [0.5, 0.6) is 5.75 Å². The average molecular weight is 327 g/mol. The Morgan fingerprint density at radius 3 is 2.67 bits per heavy atom. The topological polar surface area (TPSA) is 84.3 Å². The molecule has 0 spiro atoms. The lowest BCUT2D eigenvalue weighted by atomic mass is 9.87. The molecule has 1 atom stereocenters. The van der Waals surface area contributed by atoms with Crippen LogP contribution in [0.1, 0.15) is 19.8 Å². The van der Waals surface area contributed by atoms with Gasteiger partial charge < -0.3 is 15.2 Å². The van der Waals surface area contributed by atoms with Crippen molar-refractivity contribution in [3.8, 4) is 17.1 Å². The molecule has 2 heterocycles. The van der Waals surface area contributed by atoms with Crippen molar-refractivity contribution in [3.63, 3.8) is 0 Å². The van der Waals surface area contributed by atoms with Gasteiger partial charge in [0, 0.05) is 24.7 Å². The fourth-order valence-electron chi connectivity index (χ4n) is 2.87. The minimum atomic E-state index is -0.0698. The summed E-state index contributed by atoms with van der Waals surface area (Å²) in [6, 6.07) is 6.75. The van der Waals surface area contributed by atoms with E-state index in [4.69, 9.17) is 4.74 Å². The third kappa shape index (κ3) is 3.89. The van der Waals surface area contributed by atoms with Gasteiger partial charge in [0.25, 0.3) is 0 Å². The Morgan fingerprint density at radius 2 is 2.00 bits per heavy atom. The first-order valence-corrected chi connectivity index (χ1v) is 8.13. The number of rotatable bonds is 4. The molecule has 0 bridgehead atoms. The highest BCUT2D eigenvalue weighted by molar-refractivity contribution is 5.92. The minimum Gasteiger partial charge on any atom is -0.508 e. The zero-order valence-electron chi connectivity index (χ0n) is 13.6. The van der Waals surface area contributed by atoms with Crippen molar-refractivity contribution in [1.29, 1.82) is 0 Å². The molecule has 1 fully saturated rings. The molecule has 0 saturated carbocycles. The van der Waals surface area contributed by atoms with E-state index in [9.17, 15) is 9.90 Å². The van der Waals surface area contributed by atoms with Crippen LogP contribution in [0, 0.1) is 11.8 Å². The van der Waals surface area contributed by atoms with E-state index in [-0.39, 0.29) is 17.6 Å². The molecule has 1 aliphatic heterocycles. The standard InChI is InChI=1S/C18H21N3O3/c1-12(13-5-7-24-8-6-13)18(23)21-15-10-19-17(20-11-15)14-3-2-4-16(22)9-14/h2-4,9-13,22H,5-8H2,1H3,(H,21,23). The lowest BCUT2D eigenvalue weighted by Gasteiger charge is -2.26. The van der Waals surface area contributed by atoms with Gasteiger partial charge in [-0.2, -0.15) is 0 Å². The summed E-state index contributed by atoms with van der Waals surface area (Å²) in [6.07, 6.45) is 5.00. The van der Waals surface area contributed by atoms with E-state index in [0.717, 1.165) is 31.6 Å². The summed E-state index contributed by atoms with van der Waals surface area (Å²) >= 11 is 0. The van der Waals surface area contributed by atoms with Gasteiger partial charge >= 0.3 is 0 Å². The summed E-state index contributed by atoms with van der Waals surface area (Å²) in [5.74, 6) is 0.932. The van der Waals surface area contributed by atoms with Crippen LogP contribution in [0.2, 0.25) is 0 Å². The summed E-state index contributed by atoms with van der Waals surface area (Å²) in [6.45, 7) is 3.40. The molecular weight excluding hydrogens is 306 g/mol. The predicted molar refractivity (Wildman–Crippen MR) is 90.5 cm³/mol. The number of anilines is 1. The summed E-state index contributed by atoms with van der Waals surface area (Å²) in [7, 11) is 0. The molecule has 1 amide bonds. The number of phenols is 1. The smallest absolute Gasteiger partial charge is 0.227 e. The second-order valence-electron chi connectivity index (χ2n) is 6.07. The Balaban J connectivity index is 1.64. The number of ether oxygens (including phenoxy) is 1. The molecular formula is C18H21N3O3. The van der Waals surface area contributed by atoms with Crippen molar-refractivity contribution in [3.05, 3.63) is 36.7 Å². The van der Waals surface area contributed by atoms with Gasteiger partial charge in [0.1, 0.15) is 5.75 Å². The molecule has 0 radical (unpaired) electrons. The molecule has 126 valence electrons. The van der Waals surface area contributed by atoms with Crippen LogP contribution in [0.15, 0.2) is 36.7 Å². The highest BCUT2D eigenvalue weighted by Crippen LogP contribution is 2.25. The van der Waals surface area contributed by atoms with Gasteiger partial charge in [-0.25, -0.2) is 9.97 Å². The Hall–Kier alpha value is -2.47. The number of benzene rings is 1. The average Bonchev–Trinajstić information content (AvgIpc) is 2.62. The Bertz CT molecular complexity index is 697. The molecule has 2 aromatic rings. The number of carbonyl (C=O) groups is 1. The molecule has 6 nitrogen and oxygen atoms in total. The molecule has 1 saturated heterocycles. The maximum atomic E-state index is 12.4. The number of aromatic nitrogens is 2. The Labute approximate surface area is 140 Å². The summed E-state index contributed by atoms with van der Waals surface area (Å²) in [4.78, 5) is 20.9. The maximum absolute atomic E-state index is 12.4. The Morgan fingerprint density at radius 1 is 1.29 bits per heavy atom. The quantitative estimate of drug-likeness (QED) is 0.902. The van der Waals surface area contributed by atoms with E-state index in [0.29, 0.717) is 17.4 Å². The van der Waals surface area contributed by atoms with Crippen molar-refractivity contribution in [2.45, 2.75) is 19.8 Å². The molecule has 24 heavy (non-hydrogen) atoms. The fraction of sp³-hybridized carbons (Fsp3) is 0.389. The lowest BCUT2D eigenvalue weighted by Crippen LogP contribution is -2.31. The van der Waals surface area contributed by atoms with Gasteiger partial charge in [0.05, 0.1) is 18.1 Å². The first-order chi connectivity index (χ1) is 11.6. The Kier molecular flexibility index (Phi) is 5.05. The van der Waals surface area contributed by atoms with Crippen LogP contribution in [0.25, 0.3) is 11.4 Å². The largest absolute Gasteiger partial charge is 0.508 e. The van der Waals surface area contributed by atoms with E-state index in [1.54, 1.807) is 30.6 Å². The van der Waals surface area contributed by atoms with E-state index in [1.165, 1.54) is 0 Å². The van der Waals surface area contributed by atoms with Crippen LogP contribution in [0.4, 0.5) is 5.69 Å². The van der Waals surface area contributed by atoms with Crippen molar-refractivity contribution in [2.75, 3.05) is 18.5 Å². The van der Waals surface area contributed by atoms with Gasteiger partial charge in [-0.05, 0) is 30.9 Å². The van der Waals surface area contributed by atoms with Crippen LogP contribution in [-0.2, 0) is 9.53 Å². The second kappa shape index (κ2) is 7.40. The monoisotopic (exact) mass is 327 g/mol. The van der Waals surface area contributed by atoms with Crippen LogP contribution in [-0.4, -0.2) is 34.2 Å². The van der Waals surface area contributed by atoms with Gasteiger partial charge in [0.15, 0.2) is 5.82 Å². The van der Waals surface area contributed by atoms with Crippen molar-refractivity contribution in [2.24, 2.45) is 11.8 Å². The number of nitrogens with one attached hydrogen (secondary N) is 1. The fourth-order valence-corrected chi connectivity index (χ4v) is 2.87. The summed E-state index contributed by atoms with van der Waals surface area (Å²) in [5, 5.41) is 12.4. The zero-order chi connectivity index (χ0) is 16.9. The molecule has 3 rings (SSSR count). The van der Waals surface area contributed by atoms with Gasteiger partial charge in [-0.15, -0.1) is 0 Å². The SMILES string of the molecule is CC(C(=O)Nc1cnc(-c2cccc(O)c2)nc1)C1CCOCC1. The third-order valence-corrected chi connectivity index (χ3v) is 4.41. The van der Waals surface area contributed by atoms with E-state index in [1.807, 2.05) is 13.0 Å². The predicted octanol–water partition coefficient (Wildman–Crippen LogP) is 2.85. The van der Waals surface area contributed by atoms with Gasteiger partial charge in [0.2, 0.25) is 5.91 Å². The maximum Gasteiger partial charge on any atom is 0.227 e. The number of hydrogen-bond donors (Lipinski definition) is 2. The molecule has 1 aliphatic rings. The number of hydrogen-bond acceptors (Lipinski definition) is 5. The first kappa shape index (κ1) is 16.4. The zero-order valence-corrected chi connectivity index (χ0v) is 13.6. The van der Waals surface area contributed by atoms with Crippen LogP contribution >= 0.6 is 0 Å². The van der Waals surface area contributed by atoms with Crippen molar-refractivity contribution in [1.82, 2.24) is 9.97 Å². The summed E-state index contributed by atoms with van der Waals surface area (Å²) in [5.41, 5.74) is 1.30. The minimum absolute atomic E-state index is 0.0180.